The minimum Gasteiger partial charge on any atom is -0.461 e. The average molecular weight is 451 g/mol. The average Bonchev–Trinajstić information content (AvgIpc) is 3.19. The first kappa shape index (κ1) is 21.4. The van der Waals surface area contributed by atoms with Crippen LogP contribution in [0.4, 0.5) is 9.39 Å². The molecular formula is C23H18FN3O4S. The van der Waals surface area contributed by atoms with E-state index in [1.54, 1.807) is 12.3 Å². The van der Waals surface area contributed by atoms with Gasteiger partial charge >= 0.3 is 5.97 Å². The zero-order chi connectivity index (χ0) is 22.7. The monoisotopic (exact) mass is 451 g/mol. The normalized spacial score (nSPS) is 10.8. The summed E-state index contributed by atoms with van der Waals surface area (Å²) in [4.78, 5) is 38.4. The van der Waals surface area contributed by atoms with Crippen molar-refractivity contribution >= 4 is 39.0 Å². The molecule has 0 atom stereocenters. The maximum absolute atomic E-state index is 13.8. The Morgan fingerprint density at radius 1 is 1.16 bits per heavy atom. The lowest BCUT2D eigenvalue weighted by Crippen LogP contribution is -2.25. The number of anilines is 1. The molecule has 0 unspecified atom stereocenters. The molecular weight excluding hydrogens is 433 g/mol. The van der Waals surface area contributed by atoms with Crippen LogP contribution in [0.1, 0.15) is 23.0 Å². The van der Waals surface area contributed by atoms with Gasteiger partial charge in [-0.2, -0.15) is 9.78 Å². The number of carbonyl (C=O) groups excluding carboxylic acids is 2. The third-order valence-electron chi connectivity index (χ3n) is 4.63. The van der Waals surface area contributed by atoms with E-state index in [2.05, 4.69) is 10.4 Å². The van der Waals surface area contributed by atoms with Crippen LogP contribution in [-0.4, -0.2) is 28.3 Å². The van der Waals surface area contributed by atoms with Crippen molar-refractivity contribution in [1.82, 2.24) is 9.78 Å². The highest BCUT2D eigenvalue weighted by Crippen LogP contribution is 2.30. The van der Waals surface area contributed by atoms with Gasteiger partial charge in [0.05, 0.1) is 24.1 Å². The summed E-state index contributed by atoms with van der Waals surface area (Å²) in [5.41, 5.74) is 0.285. The van der Waals surface area contributed by atoms with Gasteiger partial charge in [-0.3, -0.25) is 9.59 Å². The van der Waals surface area contributed by atoms with Crippen molar-refractivity contribution < 1.29 is 18.7 Å². The van der Waals surface area contributed by atoms with Crippen LogP contribution in [0.5, 0.6) is 0 Å². The van der Waals surface area contributed by atoms with Crippen LogP contribution in [0.25, 0.3) is 16.5 Å². The molecule has 4 rings (SSSR count). The van der Waals surface area contributed by atoms with E-state index >= 15 is 0 Å². The van der Waals surface area contributed by atoms with Gasteiger partial charge in [-0.1, -0.05) is 36.4 Å². The molecule has 32 heavy (non-hydrogen) atoms. The van der Waals surface area contributed by atoms with Crippen molar-refractivity contribution in [2.24, 2.45) is 0 Å². The third-order valence-corrected chi connectivity index (χ3v) is 5.53. The maximum atomic E-state index is 13.8. The highest BCUT2D eigenvalue weighted by molar-refractivity contribution is 7.16. The van der Waals surface area contributed by atoms with E-state index in [-0.39, 0.29) is 46.1 Å². The summed E-state index contributed by atoms with van der Waals surface area (Å²) >= 11 is 1.11. The lowest BCUT2D eigenvalue weighted by Gasteiger charge is -2.10. The van der Waals surface area contributed by atoms with Gasteiger partial charge in [0, 0.05) is 10.8 Å². The molecule has 2 aromatic heterocycles. The number of nitrogens with one attached hydrogen (secondary N) is 1. The maximum Gasteiger partial charge on any atom is 0.359 e. The molecule has 0 bridgehead atoms. The Labute approximate surface area is 186 Å². The van der Waals surface area contributed by atoms with E-state index in [0.717, 1.165) is 27.6 Å². The Kier molecular flexibility index (Phi) is 6.09. The minimum absolute atomic E-state index is 0.0921. The van der Waals surface area contributed by atoms with Crippen molar-refractivity contribution in [3.63, 3.8) is 0 Å². The van der Waals surface area contributed by atoms with Crippen LogP contribution >= 0.6 is 11.3 Å². The first-order chi connectivity index (χ1) is 15.5. The zero-order valence-corrected chi connectivity index (χ0v) is 17.8. The fourth-order valence-corrected chi connectivity index (χ4v) is 4.18. The second kappa shape index (κ2) is 9.11. The van der Waals surface area contributed by atoms with Crippen LogP contribution in [0, 0.1) is 5.82 Å². The second-order valence-corrected chi connectivity index (χ2v) is 7.71. The number of rotatable bonds is 6. The van der Waals surface area contributed by atoms with Crippen LogP contribution in [0.2, 0.25) is 0 Å². The standard InChI is InChI=1S/C23H18FN3O4S/c1-2-31-23(30)20-17-13-32-21(25-18(28)11-14-7-4-3-5-8-14)19(17)22(29)27(26-20)16-10-6-9-15(24)12-16/h3-10,12-13H,2,11H2,1H3,(H,25,28). The van der Waals surface area contributed by atoms with Crippen LogP contribution < -0.4 is 10.9 Å². The van der Waals surface area contributed by atoms with Crippen molar-refractivity contribution in [2.45, 2.75) is 13.3 Å². The van der Waals surface area contributed by atoms with Crippen LogP contribution in [0.3, 0.4) is 0 Å². The van der Waals surface area contributed by atoms with Gasteiger partial charge in [0.25, 0.3) is 5.56 Å². The summed E-state index contributed by atoms with van der Waals surface area (Å²) < 4.78 is 19.8. The molecule has 4 aromatic rings. The van der Waals surface area contributed by atoms with Crippen molar-refractivity contribution in [1.29, 1.82) is 0 Å². The summed E-state index contributed by atoms with van der Waals surface area (Å²) in [6.45, 7) is 1.77. The number of carbonyl (C=O) groups is 2. The molecule has 162 valence electrons. The summed E-state index contributed by atoms with van der Waals surface area (Å²) in [7, 11) is 0. The molecule has 0 aliphatic heterocycles. The summed E-state index contributed by atoms with van der Waals surface area (Å²) in [6.07, 6.45) is 0.119. The van der Waals surface area contributed by atoms with Crippen LogP contribution in [0.15, 0.2) is 64.8 Å². The molecule has 9 heteroatoms. The number of hydrogen-bond acceptors (Lipinski definition) is 6. The molecule has 0 saturated carbocycles. The van der Waals surface area contributed by atoms with Gasteiger partial charge in [-0.25, -0.2) is 9.18 Å². The van der Waals surface area contributed by atoms with Crippen molar-refractivity contribution in [3.05, 3.63) is 87.4 Å². The molecule has 2 aromatic carbocycles. The lowest BCUT2D eigenvalue weighted by atomic mass is 10.1. The Morgan fingerprint density at radius 3 is 2.66 bits per heavy atom. The van der Waals surface area contributed by atoms with E-state index in [1.165, 1.54) is 18.2 Å². The van der Waals surface area contributed by atoms with Gasteiger partial charge in [-0.05, 0) is 30.7 Å². The summed E-state index contributed by atoms with van der Waals surface area (Å²) in [6, 6.07) is 14.5. The zero-order valence-electron chi connectivity index (χ0n) is 17.0. The number of hydrogen-bond donors (Lipinski definition) is 1. The SMILES string of the molecule is CCOC(=O)c1nn(-c2cccc(F)c2)c(=O)c2c(NC(=O)Cc3ccccc3)scc12. The van der Waals surface area contributed by atoms with Gasteiger partial charge in [0.15, 0.2) is 5.69 Å². The number of ether oxygens (including phenoxy) is 1. The number of thiophene rings is 1. The predicted molar refractivity (Wildman–Crippen MR) is 120 cm³/mol. The number of esters is 1. The van der Waals surface area contributed by atoms with Crippen molar-refractivity contribution in [3.8, 4) is 5.69 Å². The summed E-state index contributed by atoms with van der Waals surface area (Å²) in [5.74, 6) is -1.59. The molecule has 7 nitrogen and oxygen atoms in total. The Bertz CT molecular complexity index is 1360. The fourth-order valence-electron chi connectivity index (χ4n) is 3.23. The van der Waals surface area contributed by atoms with Gasteiger partial charge in [0.2, 0.25) is 5.91 Å². The molecule has 0 aliphatic rings. The molecule has 0 fully saturated rings. The molecule has 1 amide bonds. The van der Waals surface area contributed by atoms with Crippen molar-refractivity contribution in [2.75, 3.05) is 11.9 Å². The second-order valence-electron chi connectivity index (χ2n) is 6.83. The fraction of sp³-hybridized carbons (Fsp3) is 0.130. The number of halogens is 1. The number of amides is 1. The topological polar surface area (TPSA) is 90.3 Å². The van der Waals surface area contributed by atoms with Gasteiger partial charge in [0.1, 0.15) is 10.8 Å². The third kappa shape index (κ3) is 4.28. The molecule has 0 saturated heterocycles. The first-order valence-corrected chi connectivity index (χ1v) is 10.7. The van der Waals surface area contributed by atoms with E-state index in [1.807, 2.05) is 30.3 Å². The number of benzene rings is 2. The molecule has 2 heterocycles. The Hall–Kier alpha value is -3.85. The highest BCUT2D eigenvalue weighted by atomic mass is 32.1. The van der Waals surface area contributed by atoms with E-state index in [4.69, 9.17) is 4.74 Å². The molecule has 0 radical (unpaired) electrons. The first-order valence-electron chi connectivity index (χ1n) is 9.79. The van der Waals surface area contributed by atoms with E-state index < -0.39 is 17.3 Å². The van der Waals surface area contributed by atoms with Crippen LogP contribution in [-0.2, 0) is 16.0 Å². The smallest absolute Gasteiger partial charge is 0.359 e. The van der Waals surface area contributed by atoms with E-state index in [9.17, 15) is 18.8 Å². The van der Waals surface area contributed by atoms with Gasteiger partial charge < -0.3 is 10.1 Å². The molecule has 0 spiro atoms. The largest absolute Gasteiger partial charge is 0.461 e. The molecule has 1 N–H and O–H groups in total. The quantitative estimate of drug-likeness (QED) is 0.449. The summed E-state index contributed by atoms with van der Waals surface area (Å²) in [5, 5.41) is 9.13. The lowest BCUT2D eigenvalue weighted by molar-refractivity contribution is -0.115. The van der Waals surface area contributed by atoms with Gasteiger partial charge in [-0.15, -0.1) is 11.3 Å². The Balaban J connectivity index is 1.82. The van der Waals surface area contributed by atoms with E-state index in [0.29, 0.717) is 0 Å². The number of nitrogens with zero attached hydrogens (tertiary/aromatic N) is 2. The Morgan fingerprint density at radius 2 is 1.94 bits per heavy atom. The number of fused-ring (bicyclic) bond motifs is 1. The molecule has 0 aliphatic carbocycles. The minimum atomic E-state index is -0.720. The highest BCUT2D eigenvalue weighted by Gasteiger charge is 2.23. The predicted octanol–water partition coefficient (Wildman–Crippen LogP) is 3.94. The number of aromatic nitrogens is 2.